The number of thiophene rings is 1. The molecule has 1 saturated heterocycles. The lowest BCUT2D eigenvalue weighted by atomic mass is 10.2. The van der Waals surface area contributed by atoms with Crippen LogP contribution in [-0.2, 0) is 30.7 Å². The molecule has 1 aliphatic carbocycles. The maximum atomic E-state index is 13.3. The van der Waals surface area contributed by atoms with Gasteiger partial charge in [0.15, 0.2) is 10.9 Å². The average molecular weight is 484 g/mol. The standard InChI is InChI=1S/C25H29N3O3S2/c1-4-10-27-24(30)22-18-8-5-9-21(18)33-23(22)26-25(27)32-14-20(29)19-12-15(2)28(16(19)3)13-17-7-6-11-31-17/h4,12,17H,1,5-11,13-14H2,2-3H3/t17-/m1/s1. The van der Waals surface area contributed by atoms with Crippen molar-refractivity contribution in [2.45, 2.75) is 70.3 Å². The number of aromatic nitrogens is 3. The van der Waals surface area contributed by atoms with Crippen molar-refractivity contribution < 1.29 is 9.53 Å². The van der Waals surface area contributed by atoms with Crippen molar-refractivity contribution in [1.82, 2.24) is 14.1 Å². The van der Waals surface area contributed by atoms with E-state index in [0.717, 1.165) is 72.4 Å². The fraction of sp³-hybridized carbons (Fsp3) is 0.480. The minimum atomic E-state index is -0.0102. The van der Waals surface area contributed by atoms with E-state index in [0.29, 0.717) is 11.7 Å². The number of fused-ring (bicyclic) bond motifs is 3. The zero-order valence-electron chi connectivity index (χ0n) is 19.2. The molecule has 0 aromatic carbocycles. The summed E-state index contributed by atoms with van der Waals surface area (Å²) in [4.78, 5) is 33.4. The Morgan fingerprint density at radius 3 is 2.94 bits per heavy atom. The fourth-order valence-electron chi connectivity index (χ4n) is 5.02. The second kappa shape index (κ2) is 9.24. The first-order chi connectivity index (χ1) is 16.0. The number of thioether (sulfide) groups is 1. The molecule has 1 aliphatic heterocycles. The highest BCUT2D eigenvalue weighted by Crippen LogP contribution is 2.35. The van der Waals surface area contributed by atoms with Crippen LogP contribution < -0.4 is 5.56 Å². The number of carbonyl (C=O) groups excluding carboxylic acids is 1. The number of nitrogens with zero attached hydrogens (tertiary/aromatic N) is 3. The van der Waals surface area contributed by atoms with Gasteiger partial charge in [0.2, 0.25) is 0 Å². The van der Waals surface area contributed by atoms with Crippen LogP contribution in [0.25, 0.3) is 10.2 Å². The number of hydrogen-bond donors (Lipinski definition) is 0. The van der Waals surface area contributed by atoms with E-state index < -0.39 is 0 Å². The summed E-state index contributed by atoms with van der Waals surface area (Å²) >= 11 is 2.97. The van der Waals surface area contributed by atoms with Crippen LogP contribution in [0.3, 0.4) is 0 Å². The van der Waals surface area contributed by atoms with Gasteiger partial charge >= 0.3 is 0 Å². The van der Waals surface area contributed by atoms with Crippen LogP contribution >= 0.6 is 23.1 Å². The van der Waals surface area contributed by atoms with Gasteiger partial charge in [0.05, 0.1) is 17.2 Å². The Morgan fingerprint density at radius 1 is 1.33 bits per heavy atom. The van der Waals surface area contributed by atoms with Gasteiger partial charge < -0.3 is 9.30 Å². The summed E-state index contributed by atoms with van der Waals surface area (Å²) in [5, 5.41) is 1.36. The molecule has 1 atom stereocenters. The van der Waals surface area contributed by atoms with Crippen molar-refractivity contribution in [3.05, 3.63) is 56.5 Å². The third-order valence-electron chi connectivity index (χ3n) is 6.72. The van der Waals surface area contributed by atoms with Crippen molar-refractivity contribution in [3.8, 4) is 0 Å². The van der Waals surface area contributed by atoms with E-state index >= 15 is 0 Å². The topological polar surface area (TPSA) is 66.1 Å². The second-order valence-corrected chi connectivity index (χ2v) is 10.9. The Morgan fingerprint density at radius 2 is 2.18 bits per heavy atom. The van der Waals surface area contributed by atoms with Gasteiger partial charge in [0.1, 0.15) is 4.83 Å². The number of Topliss-reactive ketones (excluding diaryl/α,β-unsaturated/α-hetero) is 1. The summed E-state index contributed by atoms with van der Waals surface area (Å²) in [6, 6.07) is 1.98. The Balaban J connectivity index is 1.39. The Bertz CT molecular complexity index is 1290. The van der Waals surface area contributed by atoms with Crippen LogP contribution in [0.4, 0.5) is 0 Å². The van der Waals surface area contributed by atoms with Gasteiger partial charge in [-0.1, -0.05) is 17.8 Å². The second-order valence-electron chi connectivity index (χ2n) is 8.88. The van der Waals surface area contributed by atoms with E-state index in [-0.39, 0.29) is 23.2 Å². The summed E-state index contributed by atoms with van der Waals surface area (Å²) in [7, 11) is 0. The molecule has 3 aromatic heterocycles. The number of rotatable bonds is 8. The van der Waals surface area contributed by atoms with Crippen molar-refractivity contribution in [1.29, 1.82) is 0 Å². The molecule has 0 unspecified atom stereocenters. The highest BCUT2D eigenvalue weighted by Gasteiger charge is 2.24. The molecule has 0 radical (unpaired) electrons. The summed E-state index contributed by atoms with van der Waals surface area (Å²) in [5.74, 6) is 0.296. The van der Waals surface area contributed by atoms with Crippen LogP contribution in [0.1, 0.15) is 51.4 Å². The highest BCUT2D eigenvalue weighted by molar-refractivity contribution is 7.99. The molecule has 0 bridgehead atoms. The van der Waals surface area contributed by atoms with E-state index in [2.05, 4.69) is 11.1 Å². The third kappa shape index (κ3) is 4.13. The molecule has 0 amide bonds. The van der Waals surface area contributed by atoms with Crippen LogP contribution in [0.5, 0.6) is 0 Å². The lowest BCUT2D eigenvalue weighted by molar-refractivity contribution is 0.0957. The maximum absolute atomic E-state index is 13.3. The van der Waals surface area contributed by atoms with Crippen molar-refractivity contribution >= 4 is 39.1 Å². The number of ether oxygens (including phenoxy) is 1. The highest BCUT2D eigenvalue weighted by atomic mass is 32.2. The smallest absolute Gasteiger partial charge is 0.263 e. The molecule has 1 fully saturated rings. The average Bonchev–Trinajstić information content (AvgIpc) is 3.56. The number of ketones is 1. The quantitative estimate of drug-likeness (QED) is 0.201. The first-order valence-corrected chi connectivity index (χ1v) is 13.4. The Kier molecular flexibility index (Phi) is 6.33. The number of allylic oxidation sites excluding steroid dienone is 1. The molecule has 5 rings (SSSR count). The predicted octanol–water partition coefficient (Wildman–Crippen LogP) is 4.71. The minimum Gasteiger partial charge on any atom is -0.376 e. The van der Waals surface area contributed by atoms with Crippen molar-refractivity contribution in [2.75, 3.05) is 12.4 Å². The van der Waals surface area contributed by atoms with Gasteiger partial charge in [0, 0.05) is 41.5 Å². The molecule has 3 aromatic rings. The molecule has 2 aliphatic rings. The van der Waals surface area contributed by atoms with Gasteiger partial charge in [-0.2, -0.15) is 0 Å². The lowest BCUT2D eigenvalue weighted by Crippen LogP contribution is -2.23. The predicted molar refractivity (Wildman–Crippen MR) is 134 cm³/mol. The summed E-state index contributed by atoms with van der Waals surface area (Å²) in [5.41, 5.74) is 3.97. The molecule has 8 heteroatoms. The first-order valence-electron chi connectivity index (χ1n) is 11.6. The van der Waals surface area contributed by atoms with Gasteiger partial charge in [-0.15, -0.1) is 17.9 Å². The molecule has 174 valence electrons. The normalized spacial score (nSPS) is 17.7. The summed E-state index contributed by atoms with van der Waals surface area (Å²) in [6.07, 6.45) is 7.19. The van der Waals surface area contributed by atoms with Crippen molar-refractivity contribution in [3.63, 3.8) is 0 Å². The molecular formula is C25H29N3O3S2. The molecule has 0 saturated carbocycles. The van der Waals surface area contributed by atoms with Gasteiger partial charge in [-0.05, 0) is 57.6 Å². The SMILES string of the molecule is C=CCn1c(SCC(=O)c2cc(C)n(C[C@H]3CCCO3)c2C)nc2sc3c(c2c1=O)CCC3. The Hall–Kier alpha value is -2.16. The monoisotopic (exact) mass is 483 g/mol. The third-order valence-corrected chi connectivity index (χ3v) is 8.88. The minimum absolute atomic E-state index is 0.0102. The van der Waals surface area contributed by atoms with E-state index in [1.165, 1.54) is 22.2 Å². The molecule has 4 heterocycles. The van der Waals surface area contributed by atoms with Crippen molar-refractivity contribution in [2.24, 2.45) is 0 Å². The zero-order chi connectivity index (χ0) is 23.1. The first kappa shape index (κ1) is 22.6. The van der Waals surface area contributed by atoms with Gasteiger partial charge in [-0.25, -0.2) is 4.98 Å². The lowest BCUT2D eigenvalue weighted by Gasteiger charge is -2.15. The molecule has 0 N–H and O–H groups in total. The number of carbonyl (C=O) groups is 1. The van der Waals surface area contributed by atoms with E-state index in [1.807, 2.05) is 19.9 Å². The van der Waals surface area contributed by atoms with Crippen LogP contribution in [0.15, 0.2) is 28.7 Å². The van der Waals surface area contributed by atoms with Gasteiger partial charge in [-0.3, -0.25) is 14.2 Å². The summed E-state index contributed by atoms with van der Waals surface area (Å²) in [6.45, 7) is 9.86. The van der Waals surface area contributed by atoms with Crippen LogP contribution in [0, 0.1) is 13.8 Å². The molecular weight excluding hydrogens is 454 g/mol. The van der Waals surface area contributed by atoms with E-state index in [9.17, 15) is 9.59 Å². The summed E-state index contributed by atoms with van der Waals surface area (Å²) < 4.78 is 9.65. The zero-order valence-corrected chi connectivity index (χ0v) is 20.8. The van der Waals surface area contributed by atoms with Crippen LogP contribution in [0.2, 0.25) is 0 Å². The van der Waals surface area contributed by atoms with Gasteiger partial charge in [0.25, 0.3) is 5.56 Å². The fourth-order valence-corrected chi connectivity index (χ4v) is 7.22. The number of hydrogen-bond acceptors (Lipinski definition) is 6. The number of aryl methyl sites for hydroxylation is 3. The van der Waals surface area contributed by atoms with E-state index in [4.69, 9.17) is 9.72 Å². The molecule has 6 nitrogen and oxygen atoms in total. The maximum Gasteiger partial charge on any atom is 0.263 e. The Labute approximate surface area is 201 Å². The molecule has 0 spiro atoms. The van der Waals surface area contributed by atoms with Crippen LogP contribution in [-0.4, -0.2) is 38.4 Å². The largest absolute Gasteiger partial charge is 0.376 e. The molecule has 33 heavy (non-hydrogen) atoms. The van der Waals surface area contributed by atoms with E-state index in [1.54, 1.807) is 22.0 Å².